The lowest BCUT2D eigenvalue weighted by Gasteiger charge is -2.34. The standard InChI is InChI=1S/C22H26ClN7O2/c1-14-10-17(23)29-5-4-15-11-24-21(27-18(15)19(14)29)26-16-12-25-30(13-16)22(2,3)20(31)28-6-8-32-9-7-28/h10-13H,4-9H2,1-3H3,(H,24,26,27). The fourth-order valence-electron chi connectivity index (χ4n) is 4.34. The van der Waals surface area contributed by atoms with Crippen LogP contribution in [0.4, 0.5) is 11.6 Å². The normalized spacial score (nSPS) is 15.9. The number of morpholine rings is 1. The van der Waals surface area contributed by atoms with Crippen LogP contribution in [-0.4, -0.2) is 61.4 Å². The van der Waals surface area contributed by atoms with Crippen molar-refractivity contribution in [2.24, 2.45) is 0 Å². The van der Waals surface area contributed by atoms with Crippen molar-refractivity contribution in [3.8, 4) is 11.4 Å². The van der Waals surface area contributed by atoms with E-state index in [0.29, 0.717) is 37.9 Å². The molecule has 10 heteroatoms. The third-order valence-corrected chi connectivity index (χ3v) is 6.48. The number of rotatable bonds is 4. The van der Waals surface area contributed by atoms with Crippen LogP contribution >= 0.6 is 11.6 Å². The Labute approximate surface area is 191 Å². The number of aromatic nitrogens is 5. The topological polar surface area (TPSA) is 90.1 Å². The lowest BCUT2D eigenvalue weighted by atomic mass is 10.0. The van der Waals surface area contributed by atoms with E-state index in [1.54, 1.807) is 10.9 Å². The fraction of sp³-hybridized carbons (Fsp3) is 0.455. The van der Waals surface area contributed by atoms with Crippen LogP contribution in [-0.2, 0) is 28.0 Å². The number of fused-ring (bicyclic) bond motifs is 3. The highest BCUT2D eigenvalue weighted by Crippen LogP contribution is 2.35. The second kappa shape index (κ2) is 7.90. The molecule has 3 aromatic rings. The number of nitrogens with zero attached hydrogens (tertiary/aromatic N) is 6. The summed E-state index contributed by atoms with van der Waals surface area (Å²) in [7, 11) is 0. The minimum atomic E-state index is -0.817. The predicted octanol–water partition coefficient (Wildman–Crippen LogP) is 3.00. The van der Waals surface area contributed by atoms with Gasteiger partial charge in [-0.3, -0.25) is 9.48 Å². The minimum absolute atomic E-state index is 0.0218. The second-order valence-corrected chi connectivity index (χ2v) is 9.12. The van der Waals surface area contributed by atoms with Crippen molar-refractivity contribution >= 4 is 29.1 Å². The minimum Gasteiger partial charge on any atom is -0.378 e. The molecule has 1 fully saturated rings. The summed E-state index contributed by atoms with van der Waals surface area (Å²) in [6.07, 6.45) is 6.20. The number of aryl methyl sites for hydroxylation is 2. The molecular formula is C22H26ClN7O2. The van der Waals surface area contributed by atoms with Crippen molar-refractivity contribution in [3.63, 3.8) is 0 Å². The lowest BCUT2D eigenvalue weighted by molar-refractivity contribution is -0.143. The van der Waals surface area contributed by atoms with Crippen LogP contribution in [0.5, 0.6) is 0 Å². The number of halogens is 1. The molecule has 0 saturated carbocycles. The van der Waals surface area contributed by atoms with Crippen molar-refractivity contribution < 1.29 is 9.53 Å². The van der Waals surface area contributed by atoms with E-state index in [0.717, 1.165) is 40.6 Å². The zero-order chi connectivity index (χ0) is 22.5. The molecule has 2 aliphatic heterocycles. The van der Waals surface area contributed by atoms with Crippen LogP contribution in [0.15, 0.2) is 24.7 Å². The summed E-state index contributed by atoms with van der Waals surface area (Å²) in [6, 6.07) is 1.97. The largest absolute Gasteiger partial charge is 0.378 e. The smallest absolute Gasteiger partial charge is 0.250 e. The maximum Gasteiger partial charge on any atom is 0.250 e. The van der Waals surface area contributed by atoms with Gasteiger partial charge in [-0.05, 0) is 38.8 Å². The first-order chi connectivity index (χ1) is 15.3. The molecule has 32 heavy (non-hydrogen) atoms. The molecule has 3 aromatic heterocycles. The zero-order valence-corrected chi connectivity index (χ0v) is 19.2. The summed E-state index contributed by atoms with van der Waals surface area (Å²) >= 11 is 6.38. The molecule has 2 aliphatic rings. The van der Waals surface area contributed by atoms with Gasteiger partial charge in [-0.1, -0.05) is 11.6 Å². The van der Waals surface area contributed by atoms with Gasteiger partial charge in [0.15, 0.2) is 0 Å². The summed E-state index contributed by atoms with van der Waals surface area (Å²) in [5.41, 5.74) is 4.03. The molecule has 1 saturated heterocycles. The van der Waals surface area contributed by atoms with Gasteiger partial charge in [0.1, 0.15) is 10.7 Å². The number of hydrogen-bond acceptors (Lipinski definition) is 6. The fourth-order valence-corrected chi connectivity index (χ4v) is 4.67. The van der Waals surface area contributed by atoms with E-state index in [1.807, 2.05) is 44.1 Å². The first-order valence-corrected chi connectivity index (χ1v) is 11.1. The third kappa shape index (κ3) is 3.55. The molecule has 168 valence electrons. The van der Waals surface area contributed by atoms with E-state index in [4.69, 9.17) is 21.3 Å². The number of amides is 1. The van der Waals surface area contributed by atoms with Gasteiger partial charge >= 0.3 is 0 Å². The van der Waals surface area contributed by atoms with E-state index in [9.17, 15) is 4.79 Å². The molecule has 0 unspecified atom stereocenters. The van der Waals surface area contributed by atoms with Gasteiger partial charge in [-0.25, -0.2) is 9.97 Å². The Morgan fingerprint density at radius 1 is 1.22 bits per heavy atom. The van der Waals surface area contributed by atoms with Gasteiger partial charge in [0, 0.05) is 37.6 Å². The average Bonchev–Trinajstić information content (AvgIpc) is 3.38. The quantitative estimate of drug-likeness (QED) is 0.650. The highest BCUT2D eigenvalue weighted by atomic mass is 35.5. The maximum atomic E-state index is 13.1. The molecule has 1 amide bonds. The maximum absolute atomic E-state index is 13.1. The highest BCUT2D eigenvalue weighted by molar-refractivity contribution is 6.30. The molecule has 0 aromatic carbocycles. The molecule has 0 atom stereocenters. The molecule has 9 nitrogen and oxygen atoms in total. The predicted molar refractivity (Wildman–Crippen MR) is 121 cm³/mol. The van der Waals surface area contributed by atoms with Gasteiger partial charge in [-0.2, -0.15) is 5.10 Å². The molecule has 5 heterocycles. The van der Waals surface area contributed by atoms with Crippen LogP contribution in [0.1, 0.15) is 25.0 Å². The Morgan fingerprint density at radius 3 is 2.78 bits per heavy atom. The van der Waals surface area contributed by atoms with E-state index < -0.39 is 5.54 Å². The molecule has 0 radical (unpaired) electrons. The number of anilines is 2. The number of hydrogen-bond donors (Lipinski definition) is 1. The van der Waals surface area contributed by atoms with Crippen LogP contribution in [0.2, 0.25) is 5.15 Å². The molecule has 5 rings (SSSR count). The number of ether oxygens (including phenoxy) is 1. The van der Waals surface area contributed by atoms with Gasteiger partial charge in [0.2, 0.25) is 11.9 Å². The average molecular weight is 456 g/mol. The van der Waals surface area contributed by atoms with Gasteiger partial charge in [0.25, 0.3) is 0 Å². The first kappa shape index (κ1) is 21.0. The summed E-state index contributed by atoms with van der Waals surface area (Å²) < 4.78 is 9.13. The van der Waals surface area contributed by atoms with Gasteiger partial charge in [0.05, 0.1) is 36.5 Å². The zero-order valence-electron chi connectivity index (χ0n) is 18.4. The Balaban J connectivity index is 1.38. The van der Waals surface area contributed by atoms with Crippen molar-refractivity contribution in [3.05, 3.63) is 40.9 Å². The van der Waals surface area contributed by atoms with Crippen molar-refractivity contribution in [2.75, 3.05) is 31.6 Å². The van der Waals surface area contributed by atoms with E-state index in [2.05, 4.69) is 20.0 Å². The number of carbonyl (C=O) groups excluding carboxylic acids is 1. The van der Waals surface area contributed by atoms with E-state index in [-0.39, 0.29) is 5.91 Å². The number of nitrogens with one attached hydrogen (secondary N) is 1. The SMILES string of the molecule is Cc1cc(Cl)n2c1-c1nc(Nc3cnn(C(C)(C)C(=O)N4CCOCC4)c3)ncc1CC2. The van der Waals surface area contributed by atoms with Crippen molar-refractivity contribution in [1.82, 2.24) is 29.2 Å². The Bertz CT molecular complexity index is 1180. The molecule has 0 spiro atoms. The Hall–Kier alpha value is -2.91. The monoisotopic (exact) mass is 455 g/mol. The summed E-state index contributed by atoms with van der Waals surface area (Å²) in [4.78, 5) is 24.1. The van der Waals surface area contributed by atoms with Crippen LogP contribution in [0.25, 0.3) is 11.4 Å². The molecule has 0 aliphatic carbocycles. The first-order valence-electron chi connectivity index (χ1n) is 10.8. The lowest BCUT2D eigenvalue weighted by Crippen LogP contribution is -2.51. The Morgan fingerprint density at radius 2 is 2.00 bits per heavy atom. The van der Waals surface area contributed by atoms with Crippen LogP contribution in [0.3, 0.4) is 0 Å². The van der Waals surface area contributed by atoms with E-state index in [1.165, 1.54) is 0 Å². The van der Waals surface area contributed by atoms with Crippen molar-refractivity contribution in [2.45, 2.75) is 39.3 Å². The van der Waals surface area contributed by atoms with Gasteiger partial charge in [-0.15, -0.1) is 0 Å². The second-order valence-electron chi connectivity index (χ2n) is 8.73. The molecular weight excluding hydrogens is 430 g/mol. The van der Waals surface area contributed by atoms with E-state index >= 15 is 0 Å². The van der Waals surface area contributed by atoms with Crippen LogP contribution < -0.4 is 5.32 Å². The summed E-state index contributed by atoms with van der Waals surface area (Å²) in [6.45, 7) is 8.94. The highest BCUT2D eigenvalue weighted by Gasteiger charge is 2.35. The molecule has 1 N–H and O–H groups in total. The van der Waals surface area contributed by atoms with Crippen molar-refractivity contribution in [1.29, 1.82) is 0 Å². The third-order valence-electron chi connectivity index (χ3n) is 6.16. The Kier molecular flexibility index (Phi) is 5.17. The van der Waals surface area contributed by atoms with Gasteiger partial charge < -0.3 is 19.5 Å². The summed E-state index contributed by atoms with van der Waals surface area (Å²) in [5, 5.41) is 8.40. The molecule has 0 bridgehead atoms. The summed E-state index contributed by atoms with van der Waals surface area (Å²) in [5.74, 6) is 0.499. The number of carbonyl (C=O) groups is 1. The van der Waals surface area contributed by atoms with Crippen LogP contribution in [0, 0.1) is 6.92 Å².